The minimum atomic E-state index is -0.0505. The first-order valence-corrected chi connectivity index (χ1v) is 4.32. The lowest BCUT2D eigenvalue weighted by Gasteiger charge is -1.88. The Balaban J connectivity index is 2.28. The fourth-order valence-corrected chi connectivity index (χ4v) is 2.01. The first kappa shape index (κ1) is 5.99. The Hall–Kier alpha value is -0.750. The predicted molar refractivity (Wildman–Crippen MR) is 37.3 cm³/mol. The molecule has 0 saturated heterocycles. The van der Waals surface area contributed by atoms with Gasteiger partial charge in [0.25, 0.3) is 0 Å². The van der Waals surface area contributed by atoms with Crippen molar-refractivity contribution in [2.45, 2.75) is 5.03 Å². The van der Waals surface area contributed by atoms with E-state index >= 15 is 0 Å². The minimum absolute atomic E-state index is 0.0505. The van der Waals surface area contributed by atoms with Crippen LogP contribution in [0, 0.1) is 0 Å². The van der Waals surface area contributed by atoms with Crippen LogP contribution in [0.2, 0.25) is 0 Å². The summed E-state index contributed by atoms with van der Waals surface area (Å²) in [5.41, 5.74) is 2.92. The summed E-state index contributed by atoms with van der Waals surface area (Å²) in [6.07, 6.45) is 1.72. The molecular formula is C4H7N5S. The molecule has 0 amide bonds. The van der Waals surface area contributed by atoms with Crippen LogP contribution in [-0.4, -0.2) is 27.7 Å². The molecule has 0 radical (unpaired) electrons. The van der Waals surface area contributed by atoms with E-state index in [1.54, 1.807) is 6.20 Å². The second kappa shape index (κ2) is 2.47. The van der Waals surface area contributed by atoms with Crippen molar-refractivity contribution in [3.05, 3.63) is 6.20 Å². The van der Waals surface area contributed by atoms with Crippen LogP contribution in [0.15, 0.2) is 15.7 Å². The van der Waals surface area contributed by atoms with Gasteiger partial charge in [0.05, 0.1) is 6.20 Å². The lowest BCUT2D eigenvalue weighted by molar-refractivity contribution is 0.832. The summed E-state index contributed by atoms with van der Waals surface area (Å²) in [7, 11) is -0.0505. The van der Waals surface area contributed by atoms with Crippen molar-refractivity contribution in [3.63, 3.8) is 0 Å². The molecule has 0 bridgehead atoms. The molecule has 1 atom stereocenters. The Kier molecular flexibility index (Phi) is 1.48. The van der Waals surface area contributed by atoms with Crippen LogP contribution >= 0.6 is 0 Å². The summed E-state index contributed by atoms with van der Waals surface area (Å²) in [6, 6.07) is 0. The van der Waals surface area contributed by atoms with Crippen LogP contribution in [-0.2, 0) is 10.7 Å². The van der Waals surface area contributed by atoms with Gasteiger partial charge in [0.1, 0.15) is 0 Å². The first-order chi connectivity index (χ1) is 4.97. The predicted octanol–water partition coefficient (Wildman–Crippen LogP) is -0.516. The number of nitrogens with one attached hydrogen (secondary N) is 2. The van der Waals surface area contributed by atoms with E-state index in [1.165, 1.54) is 0 Å². The molecule has 1 unspecified atom stereocenters. The quantitative estimate of drug-likeness (QED) is 0.576. The maximum Gasteiger partial charge on any atom is 0.150 e. The first-order valence-electron chi connectivity index (χ1n) is 2.97. The van der Waals surface area contributed by atoms with Crippen molar-refractivity contribution in [1.82, 2.24) is 20.8 Å². The van der Waals surface area contributed by atoms with Crippen molar-refractivity contribution in [1.29, 1.82) is 0 Å². The highest BCUT2D eigenvalue weighted by Crippen LogP contribution is 2.04. The molecule has 1 aliphatic heterocycles. The van der Waals surface area contributed by atoms with Crippen LogP contribution in [0.25, 0.3) is 0 Å². The summed E-state index contributed by atoms with van der Waals surface area (Å²) >= 11 is 0. The van der Waals surface area contributed by atoms with E-state index in [-0.39, 0.29) is 10.7 Å². The molecule has 10 heavy (non-hydrogen) atoms. The fraction of sp³-hybridized carbons (Fsp3) is 0.500. The van der Waals surface area contributed by atoms with Crippen LogP contribution in [0.4, 0.5) is 0 Å². The monoisotopic (exact) mass is 157 g/mol. The van der Waals surface area contributed by atoms with E-state index in [0.29, 0.717) is 0 Å². The number of H-pyrrole nitrogens is 1. The highest BCUT2D eigenvalue weighted by molar-refractivity contribution is 7.87. The third-order valence-electron chi connectivity index (χ3n) is 1.22. The number of nitrogens with zero attached hydrogens (tertiary/aromatic N) is 3. The molecule has 54 valence electrons. The van der Waals surface area contributed by atoms with Gasteiger partial charge >= 0.3 is 0 Å². The molecule has 1 aliphatic rings. The van der Waals surface area contributed by atoms with Gasteiger partial charge in [-0.15, -0.1) is 5.10 Å². The average Bonchev–Trinajstić information content (AvgIpc) is 2.59. The van der Waals surface area contributed by atoms with Crippen molar-refractivity contribution in [2.75, 3.05) is 12.3 Å². The summed E-state index contributed by atoms with van der Waals surface area (Å²) < 4.78 is 4.13. The van der Waals surface area contributed by atoms with Crippen molar-refractivity contribution in [3.8, 4) is 0 Å². The zero-order valence-corrected chi connectivity index (χ0v) is 6.06. The van der Waals surface area contributed by atoms with E-state index in [9.17, 15) is 0 Å². The second-order valence-electron chi connectivity index (χ2n) is 1.88. The lowest BCUT2D eigenvalue weighted by Crippen LogP contribution is -2.01. The molecule has 1 aromatic heterocycles. The fourth-order valence-electron chi connectivity index (χ4n) is 0.767. The van der Waals surface area contributed by atoms with E-state index in [0.717, 1.165) is 17.3 Å². The van der Waals surface area contributed by atoms with Gasteiger partial charge < -0.3 is 0 Å². The maximum atomic E-state index is 4.13. The Bertz CT molecular complexity index is 240. The number of hydrogen-bond donors (Lipinski definition) is 2. The summed E-state index contributed by atoms with van der Waals surface area (Å²) in [6.45, 7) is 0.954. The molecule has 0 spiro atoms. The van der Waals surface area contributed by atoms with Gasteiger partial charge in [0.15, 0.2) is 5.03 Å². The Morgan fingerprint density at radius 2 is 2.60 bits per heavy atom. The van der Waals surface area contributed by atoms with E-state index < -0.39 is 0 Å². The zero-order chi connectivity index (χ0) is 6.81. The molecule has 2 N–H and O–H groups in total. The molecule has 5 nitrogen and oxygen atoms in total. The van der Waals surface area contributed by atoms with Crippen molar-refractivity contribution < 1.29 is 0 Å². The van der Waals surface area contributed by atoms with Gasteiger partial charge in [-0.1, -0.05) is 0 Å². The molecule has 2 heterocycles. The minimum Gasteiger partial charge on any atom is -0.207 e. The molecule has 1 aromatic rings. The SMILES string of the molecule is c1n[nH]nc1S1=NNCC1. The van der Waals surface area contributed by atoms with Crippen LogP contribution in [0.3, 0.4) is 0 Å². The highest BCUT2D eigenvalue weighted by Gasteiger charge is 2.08. The third-order valence-corrected chi connectivity index (χ3v) is 2.84. The average molecular weight is 157 g/mol. The van der Waals surface area contributed by atoms with Crippen LogP contribution in [0.5, 0.6) is 0 Å². The summed E-state index contributed by atoms with van der Waals surface area (Å²) in [5, 5.41) is 11.2. The molecule has 6 heteroatoms. The number of hydrogen-bond acceptors (Lipinski definition) is 4. The standard InChI is InChI=1S/C4H7N5S/c1-2-10(9-5-1)4-3-6-8-7-4/h3,5H,1-2H2,(H,6,7,8). The van der Waals surface area contributed by atoms with Crippen molar-refractivity contribution in [2.24, 2.45) is 4.47 Å². The van der Waals surface area contributed by atoms with E-state index in [1.807, 2.05) is 0 Å². The summed E-state index contributed by atoms with van der Waals surface area (Å²) in [4.78, 5) is 0. The van der Waals surface area contributed by atoms with Crippen LogP contribution < -0.4 is 5.43 Å². The molecular weight excluding hydrogens is 150 g/mol. The van der Waals surface area contributed by atoms with Gasteiger partial charge in [0, 0.05) is 12.3 Å². The largest absolute Gasteiger partial charge is 0.207 e. The number of rotatable bonds is 1. The highest BCUT2D eigenvalue weighted by atomic mass is 32.2. The van der Waals surface area contributed by atoms with E-state index in [4.69, 9.17) is 0 Å². The van der Waals surface area contributed by atoms with Crippen LogP contribution in [0.1, 0.15) is 0 Å². The van der Waals surface area contributed by atoms with Gasteiger partial charge in [-0.25, -0.2) is 5.43 Å². The Labute approximate surface area is 60.3 Å². The third kappa shape index (κ3) is 0.952. The number of aromatic amines is 1. The normalized spacial score (nSPS) is 24.6. The van der Waals surface area contributed by atoms with Gasteiger partial charge in [-0.3, -0.25) is 0 Å². The molecule has 0 aromatic carbocycles. The van der Waals surface area contributed by atoms with Crippen molar-refractivity contribution >= 4 is 10.7 Å². The summed E-state index contributed by atoms with van der Waals surface area (Å²) in [5.74, 6) is 1.05. The van der Waals surface area contributed by atoms with E-state index in [2.05, 4.69) is 25.3 Å². The molecule has 0 saturated carbocycles. The van der Waals surface area contributed by atoms with Gasteiger partial charge in [0.2, 0.25) is 0 Å². The smallest absolute Gasteiger partial charge is 0.150 e. The lowest BCUT2D eigenvalue weighted by atomic mass is 10.8. The molecule has 0 fully saturated rings. The Morgan fingerprint density at radius 3 is 3.20 bits per heavy atom. The van der Waals surface area contributed by atoms with Gasteiger partial charge in [-0.05, 0) is 10.7 Å². The maximum absolute atomic E-state index is 4.13. The topological polar surface area (TPSA) is 66.0 Å². The second-order valence-corrected chi connectivity index (χ2v) is 3.62. The molecule has 0 aliphatic carbocycles. The molecule has 2 rings (SSSR count). The number of aromatic nitrogens is 3. The zero-order valence-electron chi connectivity index (χ0n) is 5.24. The Morgan fingerprint density at radius 1 is 1.60 bits per heavy atom. The van der Waals surface area contributed by atoms with Gasteiger partial charge in [-0.2, -0.15) is 14.8 Å².